The largest absolute Gasteiger partial charge is 0.454 e. The molecular weight excluding hydrogens is 432 g/mol. The van der Waals surface area contributed by atoms with Gasteiger partial charge in [0.15, 0.2) is 17.3 Å². The molecule has 0 fully saturated rings. The molecule has 0 unspecified atom stereocenters. The first-order valence-electron chi connectivity index (χ1n) is 9.85. The minimum Gasteiger partial charge on any atom is -0.454 e. The smallest absolute Gasteiger partial charge is 0.244 e. The molecule has 3 heterocycles. The lowest BCUT2D eigenvalue weighted by Crippen LogP contribution is -2.38. The number of pyridine rings is 1. The third-order valence-electron chi connectivity index (χ3n) is 5.01. The molecule has 0 radical (unpaired) electrons. The van der Waals surface area contributed by atoms with Gasteiger partial charge in [0.1, 0.15) is 12.2 Å². The number of carbonyl (C=O) groups is 2. The number of fused-ring (bicyclic) bond motifs is 2. The van der Waals surface area contributed by atoms with E-state index < -0.39 is 0 Å². The van der Waals surface area contributed by atoms with Gasteiger partial charge in [0.25, 0.3) is 0 Å². The SMILES string of the molecule is O=C(CN1C(=O)CC(c2cccc(Cl)c2)=Nc2cccnc21)Nc1ccc2c(c1)OCO2. The van der Waals surface area contributed by atoms with Gasteiger partial charge in [0.2, 0.25) is 18.6 Å². The Hall–Kier alpha value is -3.91. The van der Waals surface area contributed by atoms with Crippen LogP contribution < -0.4 is 19.7 Å². The highest BCUT2D eigenvalue weighted by atomic mass is 35.5. The van der Waals surface area contributed by atoms with Crippen molar-refractivity contribution >= 4 is 46.3 Å². The number of hydrogen-bond donors (Lipinski definition) is 1. The normalized spacial score (nSPS) is 14.5. The molecule has 0 saturated carbocycles. The fourth-order valence-electron chi connectivity index (χ4n) is 3.54. The summed E-state index contributed by atoms with van der Waals surface area (Å²) in [5.41, 5.74) is 2.35. The van der Waals surface area contributed by atoms with Crippen LogP contribution in [0.15, 0.2) is 65.8 Å². The molecule has 32 heavy (non-hydrogen) atoms. The minimum atomic E-state index is -0.375. The van der Waals surface area contributed by atoms with Crippen molar-refractivity contribution in [1.82, 2.24) is 4.98 Å². The quantitative estimate of drug-likeness (QED) is 0.652. The molecule has 1 N–H and O–H groups in total. The number of aliphatic imine (C=N–C) groups is 1. The van der Waals surface area contributed by atoms with Gasteiger partial charge in [-0.15, -0.1) is 0 Å². The van der Waals surface area contributed by atoms with Gasteiger partial charge in [-0.2, -0.15) is 0 Å². The Morgan fingerprint density at radius 2 is 1.97 bits per heavy atom. The molecule has 0 saturated heterocycles. The molecule has 5 rings (SSSR count). The molecule has 2 aliphatic heterocycles. The zero-order valence-electron chi connectivity index (χ0n) is 16.7. The number of halogens is 1. The fraction of sp³-hybridized carbons (Fsp3) is 0.130. The summed E-state index contributed by atoms with van der Waals surface area (Å²) in [7, 11) is 0. The second kappa shape index (κ2) is 8.32. The highest BCUT2D eigenvalue weighted by Gasteiger charge is 2.28. The van der Waals surface area contributed by atoms with Crippen LogP contribution in [0.2, 0.25) is 5.02 Å². The number of ether oxygens (including phenoxy) is 2. The molecule has 0 atom stereocenters. The standard InChI is InChI=1S/C23H17ClN4O4/c24-15-4-1-3-14(9-15)18-11-22(30)28(23-17(27-18)5-2-8-25-23)12-21(29)26-16-6-7-19-20(10-16)32-13-31-19/h1-10H,11-13H2,(H,26,29). The molecule has 9 heteroatoms. The van der Waals surface area contributed by atoms with Crippen molar-refractivity contribution < 1.29 is 19.1 Å². The van der Waals surface area contributed by atoms with Crippen molar-refractivity contribution in [3.05, 3.63) is 71.4 Å². The van der Waals surface area contributed by atoms with Gasteiger partial charge in [-0.3, -0.25) is 14.5 Å². The number of aromatic nitrogens is 1. The summed E-state index contributed by atoms with van der Waals surface area (Å²) in [6, 6.07) is 15.8. The predicted octanol–water partition coefficient (Wildman–Crippen LogP) is 3.96. The van der Waals surface area contributed by atoms with Crippen LogP contribution in [0.4, 0.5) is 17.2 Å². The summed E-state index contributed by atoms with van der Waals surface area (Å²) in [6.07, 6.45) is 1.57. The summed E-state index contributed by atoms with van der Waals surface area (Å²) in [5.74, 6) is 0.840. The lowest BCUT2D eigenvalue weighted by atomic mass is 10.1. The zero-order chi connectivity index (χ0) is 22.1. The number of amides is 2. The topological polar surface area (TPSA) is 93.1 Å². The number of nitrogens with zero attached hydrogens (tertiary/aromatic N) is 3. The van der Waals surface area contributed by atoms with Crippen molar-refractivity contribution in [3.8, 4) is 11.5 Å². The number of rotatable bonds is 4. The molecule has 3 aromatic rings. The lowest BCUT2D eigenvalue weighted by Gasteiger charge is -2.20. The lowest BCUT2D eigenvalue weighted by molar-refractivity contribution is -0.120. The summed E-state index contributed by atoms with van der Waals surface area (Å²) in [4.78, 5) is 36.2. The number of hydrogen-bond acceptors (Lipinski definition) is 6. The van der Waals surface area contributed by atoms with Gasteiger partial charge in [0.05, 0.1) is 12.1 Å². The average Bonchev–Trinajstić information content (AvgIpc) is 3.20. The van der Waals surface area contributed by atoms with Gasteiger partial charge in [0, 0.05) is 23.0 Å². The van der Waals surface area contributed by atoms with Gasteiger partial charge in [-0.25, -0.2) is 9.98 Å². The maximum absolute atomic E-state index is 13.1. The van der Waals surface area contributed by atoms with Crippen molar-refractivity contribution in [3.63, 3.8) is 0 Å². The first-order valence-corrected chi connectivity index (χ1v) is 10.2. The number of benzene rings is 2. The van der Waals surface area contributed by atoms with Crippen LogP contribution in [0.5, 0.6) is 11.5 Å². The second-order valence-corrected chi connectivity index (χ2v) is 7.62. The van der Waals surface area contributed by atoms with Crippen molar-refractivity contribution in [2.24, 2.45) is 4.99 Å². The zero-order valence-corrected chi connectivity index (χ0v) is 17.5. The highest BCUT2D eigenvalue weighted by molar-refractivity contribution is 6.31. The van der Waals surface area contributed by atoms with E-state index in [2.05, 4.69) is 15.3 Å². The van der Waals surface area contributed by atoms with Crippen LogP contribution >= 0.6 is 11.6 Å². The van der Waals surface area contributed by atoms with E-state index >= 15 is 0 Å². The van der Waals surface area contributed by atoms with Crippen LogP contribution in [0.1, 0.15) is 12.0 Å². The molecule has 0 spiro atoms. The Bertz CT molecular complexity index is 1260. The first-order chi connectivity index (χ1) is 15.6. The third kappa shape index (κ3) is 4.00. The van der Waals surface area contributed by atoms with E-state index in [0.29, 0.717) is 39.4 Å². The Kier molecular flexibility index (Phi) is 5.20. The van der Waals surface area contributed by atoms with Crippen LogP contribution in [-0.4, -0.2) is 35.8 Å². The molecule has 1 aromatic heterocycles. The van der Waals surface area contributed by atoms with E-state index in [9.17, 15) is 9.59 Å². The predicted molar refractivity (Wildman–Crippen MR) is 120 cm³/mol. The highest BCUT2D eigenvalue weighted by Crippen LogP contribution is 2.34. The van der Waals surface area contributed by atoms with Gasteiger partial charge in [-0.05, 0) is 42.0 Å². The van der Waals surface area contributed by atoms with E-state index in [1.807, 2.05) is 6.07 Å². The Balaban J connectivity index is 1.39. The molecule has 2 amide bonds. The molecule has 2 aromatic carbocycles. The maximum atomic E-state index is 13.1. The van der Waals surface area contributed by atoms with Gasteiger partial charge in [-0.1, -0.05) is 23.7 Å². The summed E-state index contributed by atoms with van der Waals surface area (Å²) < 4.78 is 10.6. The van der Waals surface area contributed by atoms with E-state index in [1.54, 1.807) is 54.7 Å². The molecular formula is C23H17ClN4O4. The maximum Gasteiger partial charge on any atom is 0.244 e. The number of carbonyl (C=O) groups excluding carboxylic acids is 2. The van der Waals surface area contributed by atoms with E-state index in [-0.39, 0.29) is 31.6 Å². The van der Waals surface area contributed by atoms with Crippen molar-refractivity contribution in [2.75, 3.05) is 23.6 Å². The van der Waals surface area contributed by atoms with Gasteiger partial charge >= 0.3 is 0 Å². The number of nitrogens with one attached hydrogen (secondary N) is 1. The van der Waals surface area contributed by atoms with Gasteiger partial charge < -0.3 is 14.8 Å². The molecule has 160 valence electrons. The molecule has 8 nitrogen and oxygen atoms in total. The van der Waals surface area contributed by atoms with Crippen LogP contribution in [0.25, 0.3) is 0 Å². The van der Waals surface area contributed by atoms with Crippen LogP contribution in [0.3, 0.4) is 0 Å². The van der Waals surface area contributed by atoms with Crippen LogP contribution in [-0.2, 0) is 9.59 Å². The minimum absolute atomic E-state index is 0.00794. The third-order valence-corrected chi connectivity index (χ3v) is 5.25. The number of anilines is 2. The molecule has 0 aliphatic carbocycles. The second-order valence-electron chi connectivity index (χ2n) is 7.19. The average molecular weight is 449 g/mol. The summed E-state index contributed by atoms with van der Waals surface area (Å²) >= 11 is 6.12. The van der Waals surface area contributed by atoms with Crippen LogP contribution in [0, 0.1) is 0 Å². The summed E-state index contributed by atoms with van der Waals surface area (Å²) in [6.45, 7) is -0.0674. The Labute approximate surface area is 188 Å². The van der Waals surface area contributed by atoms with E-state index in [1.165, 1.54) is 4.90 Å². The van der Waals surface area contributed by atoms with Crippen molar-refractivity contribution in [1.29, 1.82) is 0 Å². The summed E-state index contributed by atoms with van der Waals surface area (Å²) in [5, 5.41) is 3.34. The monoisotopic (exact) mass is 448 g/mol. The molecule has 0 bridgehead atoms. The Morgan fingerprint density at radius 1 is 1.09 bits per heavy atom. The van der Waals surface area contributed by atoms with Crippen molar-refractivity contribution in [2.45, 2.75) is 6.42 Å². The Morgan fingerprint density at radius 3 is 2.84 bits per heavy atom. The van der Waals surface area contributed by atoms with E-state index in [4.69, 9.17) is 21.1 Å². The fourth-order valence-corrected chi connectivity index (χ4v) is 3.73. The van der Waals surface area contributed by atoms with E-state index in [0.717, 1.165) is 5.56 Å². The molecule has 2 aliphatic rings. The first kappa shape index (κ1) is 20.0.